The van der Waals surface area contributed by atoms with Crippen LogP contribution in [0.15, 0.2) is 12.1 Å². The summed E-state index contributed by atoms with van der Waals surface area (Å²) in [6.07, 6.45) is 3.15. The van der Waals surface area contributed by atoms with Crippen molar-refractivity contribution >= 4 is 5.78 Å². The van der Waals surface area contributed by atoms with E-state index in [0.29, 0.717) is 13.0 Å². The summed E-state index contributed by atoms with van der Waals surface area (Å²) < 4.78 is 5.72. The minimum atomic E-state index is 0.202. The fraction of sp³-hybridized carbons (Fsp3) is 0.632. The van der Waals surface area contributed by atoms with E-state index in [0.717, 1.165) is 48.0 Å². The second kappa shape index (κ2) is 7.77. The van der Waals surface area contributed by atoms with Gasteiger partial charge in [0.15, 0.2) is 5.78 Å². The molecule has 3 heteroatoms. The van der Waals surface area contributed by atoms with Crippen LogP contribution in [0.2, 0.25) is 0 Å². The van der Waals surface area contributed by atoms with Gasteiger partial charge in [0.25, 0.3) is 0 Å². The van der Waals surface area contributed by atoms with Crippen LogP contribution >= 0.6 is 0 Å². The number of piperidine rings is 1. The van der Waals surface area contributed by atoms with Crippen molar-refractivity contribution in [3.8, 4) is 5.75 Å². The molecule has 1 aromatic carbocycles. The van der Waals surface area contributed by atoms with Crippen molar-refractivity contribution in [2.45, 2.75) is 47.0 Å². The smallest absolute Gasteiger partial charge is 0.167 e. The largest absolute Gasteiger partial charge is 0.493 e. The van der Waals surface area contributed by atoms with Crippen molar-refractivity contribution in [1.29, 1.82) is 0 Å². The van der Waals surface area contributed by atoms with E-state index in [9.17, 15) is 4.79 Å². The highest BCUT2D eigenvalue weighted by Crippen LogP contribution is 2.27. The number of aryl methyl sites for hydroxylation is 2. The van der Waals surface area contributed by atoms with Crippen molar-refractivity contribution in [3.63, 3.8) is 0 Å². The first-order chi connectivity index (χ1) is 10.5. The number of rotatable bonds is 6. The van der Waals surface area contributed by atoms with Crippen LogP contribution in [-0.2, 0) is 0 Å². The third kappa shape index (κ3) is 4.33. The predicted molar refractivity (Wildman–Crippen MR) is 90.9 cm³/mol. The fourth-order valence-corrected chi connectivity index (χ4v) is 3.38. The second-order valence-corrected chi connectivity index (χ2v) is 6.61. The van der Waals surface area contributed by atoms with Crippen LogP contribution in [0.5, 0.6) is 5.75 Å². The van der Waals surface area contributed by atoms with Crippen molar-refractivity contribution in [3.05, 3.63) is 28.8 Å². The molecule has 1 saturated heterocycles. The Morgan fingerprint density at radius 3 is 2.82 bits per heavy atom. The molecule has 1 aromatic rings. The number of likely N-dealkylation sites (tertiary alicyclic amines) is 1. The van der Waals surface area contributed by atoms with Crippen LogP contribution in [0.25, 0.3) is 0 Å². The number of benzene rings is 1. The first kappa shape index (κ1) is 17.0. The maximum atomic E-state index is 12.7. The molecule has 3 nitrogen and oxygen atoms in total. The first-order valence-electron chi connectivity index (χ1n) is 8.50. The van der Waals surface area contributed by atoms with Crippen LogP contribution in [0.1, 0.15) is 54.6 Å². The minimum absolute atomic E-state index is 0.202. The lowest BCUT2D eigenvalue weighted by molar-refractivity contribution is 0.0945. The second-order valence-electron chi connectivity index (χ2n) is 6.61. The Hall–Kier alpha value is -1.35. The predicted octanol–water partition coefficient (Wildman–Crippen LogP) is 4.01. The Balaban J connectivity index is 2.05. The monoisotopic (exact) mass is 303 g/mol. The van der Waals surface area contributed by atoms with Crippen LogP contribution in [-0.4, -0.2) is 36.9 Å². The molecule has 0 N–H and O–H groups in total. The number of Topliss-reactive ketones (excluding diaryl/α,β-unsaturated/α-hetero) is 1. The topological polar surface area (TPSA) is 29.5 Å². The molecule has 22 heavy (non-hydrogen) atoms. The van der Waals surface area contributed by atoms with Crippen LogP contribution in [0.3, 0.4) is 0 Å². The van der Waals surface area contributed by atoms with Crippen LogP contribution in [0.4, 0.5) is 0 Å². The molecular formula is C19H29NO2. The molecule has 1 atom stereocenters. The molecular weight excluding hydrogens is 274 g/mol. The van der Waals surface area contributed by atoms with Gasteiger partial charge in [-0.2, -0.15) is 0 Å². The summed E-state index contributed by atoms with van der Waals surface area (Å²) in [5.41, 5.74) is 2.93. The Labute approximate surface area is 134 Å². The zero-order chi connectivity index (χ0) is 16.1. The summed E-state index contributed by atoms with van der Waals surface area (Å²) in [5.74, 6) is 1.72. The van der Waals surface area contributed by atoms with Crippen molar-refractivity contribution in [2.24, 2.45) is 5.92 Å². The molecule has 1 fully saturated rings. The van der Waals surface area contributed by atoms with Gasteiger partial charge in [-0.3, -0.25) is 4.79 Å². The molecule has 0 aromatic heterocycles. The molecule has 0 spiro atoms. The van der Waals surface area contributed by atoms with Crippen molar-refractivity contribution < 1.29 is 9.53 Å². The SMILES string of the molecule is CCOc1c(C)cc(C)cc1C(=O)CCN1CCCC(C)C1. The van der Waals surface area contributed by atoms with E-state index >= 15 is 0 Å². The number of nitrogens with zero attached hydrogens (tertiary/aromatic N) is 1. The van der Waals surface area contributed by atoms with Gasteiger partial charge in [-0.1, -0.05) is 13.0 Å². The maximum Gasteiger partial charge on any atom is 0.167 e. The van der Waals surface area contributed by atoms with Gasteiger partial charge < -0.3 is 9.64 Å². The van der Waals surface area contributed by atoms with Crippen molar-refractivity contribution in [2.75, 3.05) is 26.2 Å². The molecule has 0 amide bonds. The van der Waals surface area contributed by atoms with E-state index in [2.05, 4.69) is 17.9 Å². The summed E-state index contributed by atoms with van der Waals surface area (Å²) in [7, 11) is 0. The third-order valence-electron chi connectivity index (χ3n) is 4.40. The first-order valence-corrected chi connectivity index (χ1v) is 8.50. The Morgan fingerprint density at radius 2 is 2.14 bits per heavy atom. The van der Waals surface area contributed by atoms with Gasteiger partial charge in [0.2, 0.25) is 0 Å². The van der Waals surface area contributed by atoms with Gasteiger partial charge >= 0.3 is 0 Å². The van der Waals surface area contributed by atoms with Crippen molar-refractivity contribution in [1.82, 2.24) is 4.90 Å². The summed E-state index contributed by atoms with van der Waals surface area (Å²) in [6.45, 7) is 12.0. The fourth-order valence-electron chi connectivity index (χ4n) is 3.38. The average molecular weight is 303 g/mol. The summed E-state index contributed by atoms with van der Waals surface area (Å²) >= 11 is 0. The summed E-state index contributed by atoms with van der Waals surface area (Å²) in [6, 6.07) is 4.05. The zero-order valence-corrected chi connectivity index (χ0v) is 14.4. The normalized spacial score (nSPS) is 19.2. The molecule has 2 rings (SSSR count). The van der Waals surface area contributed by atoms with E-state index in [1.807, 2.05) is 26.8 Å². The highest BCUT2D eigenvalue weighted by Gasteiger charge is 2.19. The van der Waals surface area contributed by atoms with Gasteiger partial charge in [-0.05, 0) is 63.3 Å². The standard InChI is InChI=1S/C19H29NO2/c1-5-22-19-16(4)11-15(3)12-17(19)18(21)8-10-20-9-6-7-14(2)13-20/h11-12,14H,5-10,13H2,1-4H3. The molecule has 1 aliphatic rings. The number of carbonyl (C=O) groups is 1. The number of hydrogen-bond acceptors (Lipinski definition) is 3. The molecule has 0 aliphatic carbocycles. The lowest BCUT2D eigenvalue weighted by atomic mass is 9.98. The highest BCUT2D eigenvalue weighted by atomic mass is 16.5. The lowest BCUT2D eigenvalue weighted by Crippen LogP contribution is -2.35. The van der Waals surface area contributed by atoms with E-state index in [-0.39, 0.29) is 5.78 Å². The van der Waals surface area contributed by atoms with E-state index in [1.165, 1.54) is 12.8 Å². The number of carbonyl (C=O) groups excluding carboxylic acids is 1. The quantitative estimate of drug-likeness (QED) is 0.744. The summed E-state index contributed by atoms with van der Waals surface area (Å²) in [5, 5.41) is 0. The van der Waals surface area contributed by atoms with E-state index < -0.39 is 0 Å². The van der Waals surface area contributed by atoms with Gasteiger partial charge in [0.1, 0.15) is 5.75 Å². The molecule has 1 unspecified atom stereocenters. The summed E-state index contributed by atoms with van der Waals surface area (Å²) in [4.78, 5) is 15.1. The van der Waals surface area contributed by atoms with Crippen LogP contribution < -0.4 is 4.74 Å². The Morgan fingerprint density at radius 1 is 1.36 bits per heavy atom. The minimum Gasteiger partial charge on any atom is -0.493 e. The van der Waals surface area contributed by atoms with Gasteiger partial charge in [0.05, 0.1) is 12.2 Å². The molecule has 1 aliphatic heterocycles. The lowest BCUT2D eigenvalue weighted by Gasteiger charge is -2.30. The van der Waals surface area contributed by atoms with Gasteiger partial charge in [-0.25, -0.2) is 0 Å². The van der Waals surface area contributed by atoms with Gasteiger partial charge in [-0.15, -0.1) is 0 Å². The molecule has 0 radical (unpaired) electrons. The Kier molecular flexibility index (Phi) is 6.01. The Bertz CT molecular complexity index is 524. The van der Waals surface area contributed by atoms with E-state index in [4.69, 9.17) is 4.74 Å². The maximum absolute atomic E-state index is 12.7. The average Bonchev–Trinajstić information content (AvgIpc) is 2.47. The van der Waals surface area contributed by atoms with Gasteiger partial charge in [0, 0.05) is 19.5 Å². The molecule has 0 saturated carbocycles. The number of ketones is 1. The zero-order valence-electron chi connectivity index (χ0n) is 14.4. The van der Waals surface area contributed by atoms with Crippen LogP contribution in [0, 0.1) is 19.8 Å². The number of ether oxygens (including phenoxy) is 1. The molecule has 1 heterocycles. The molecule has 0 bridgehead atoms. The number of hydrogen-bond donors (Lipinski definition) is 0. The van der Waals surface area contributed by atoms with E-state index in [1.54, 1.807) is 0 Å². The molecule has 122 valence electrons. The third-order valence-corrected chi connectivity index (χ3v) is 4.40. The highest BCUT2D eigenvalue weighted by molar-refractivity contribution is 5.99.